The Morgan fingerprint density at radius 2 is 0.902 bits per heavy atom. The molecule has 13 aromatic rings. The van der Waals surface area contributed by atoms with Gasteiger partial charge in [-0.25, -0.2) is 15.0 Å². The van der Waals surface area contributed by atoms with Gasteiger partial charge in [0.25, 0.3) is 0 Å². The smallest absolute Gasteiger partial charge is 0.166 e. The summed E-state index contributed by atoms with van der Waals surface area (Å²) in [7, 11) is 0. The summed E-state index contributed by atoms with van der Waals surface area (Å²) < 4.78 is 15.5. The van der Waals surface area contributed by atoms with Gasteiger partial charge in [0.1, 0.15) is 22.4 Å². The Hall–Kier alpha value is -8.35. The van der Waals surface area contributed by atoms with Crippen molar-refractivity contribution < 1.29 is 8.83 Å². The maximum absolute atomic E-state index is 6.92. The Kier molecular flexibility index (Phi) is 7.21. The van der Waals surface area contributed by atoms with Gasteiger partial charge in [0.2, 0.25) is 0 Å². The average Bonchev–Trinajstić information content (AvgIpc) is 4.00. The van der Waals surface area contributed by atoms with Gasteiger partial charge in [-0.15, -0.1) is 0 Å². The second-order valence-corrected chi connectivity index (χ2v) is 15.6. The lowest BCUT2D eigenvalue weighted by molar-refractivity contribution is 0.666. The Labute approximate surface area is 348 Å². The zero-order chi connectivity index (χ0) is 40.0. The molecule has 0 bridgehead atoms. The molecule has 0 radical (unpaired) electrons. The van der Waals surface area contributed by atoms with Crippen molar-refractivity contribution in [2.75, 3.05) is 0 Å². The van der Waals surface area contributed by atoms with Crippen molar-refractivity contribution in [3.8, 4) is 51.0 Å². The van der Waals surface area contributed by atoms with Gasteiger partial charge in [-0.3, -0.25) is 0 Å². The molecule has 0 N–H and O–H groups in total. The van der Waals surface area contributed by atoms with Crippen molar-refractivity contribution in [2.24, 2.45) is 0 Å². The molecule has 0 spiro atoms. The number of furan rings is 2. The Balaban J connectivity index is 1.12. The average molecular weight is 781 g/mol. The van der Waals surface area contributed by atoms with Crippen LogP contribution in [0.25, 0.3) is 127 Å². The van der Waals surface area contributed by atoms with Crippen molar-refractivity contribution in [3.05, 3.63) is 194 Å². The number of benzene rings is 9. The van der Waals surface area contributed by atoms with Gasteiger partial charge in [0.15, 0.2) is 23.1 Å². The molecule has 9 aromatic carbocycles. The number of hydrogen-bond donors (Lipinski definition) is 0. The first-order chi connectivity index (χ1) is 30.2. The van der Waals surface area contributed by atoms with Gasteiger partial charge < -0.3 is 13.4 Å². The van der Waals surface area contributed by atoms with Crippen molar-refractivity contribution in [1.29, 1.82) is 0 Å². The number of fused-ring (bicyclic) bond motifs is 10. The summed E-state index contributed by atoms with van der Waals surface area (Å²) in [6, 6.07) is 67.4. The van der Waals surface area contributed by atoms with Crippen LogP contribution in [0.5, 0.6) is 0 Å². The summed E-state index contributed by atoms with van der Waals surface area (Å²) >= 11 is 0. The summed E-state index contributed by atoms with van der Waals surface area (Å²) in [5.74, 6) is 1.66. The summed E-state index contributed by atoms with van der Waals surface area (Å²) in [5, 5.41) is 8.77. The fourth-order valence-electron chi connectivity index (χ4n) is 9.14. The summed E-state index contributed by atoms with van der Waals surface area (Å²) in [5.41, 5.74) is 11.1. The minimum atomic E-state index is 0.536. The van der Waals surface area contributed by atoms with E-state index in [1.165, 1.54) is 5.39 Å². The van der Waals surface area contributed by atoms with Crippen LogP contribution in [0.4, 0.5) is 0 Å². The van der Waals surface area contributed by atoms with E-state index in [0.29, 0.717) is 17.5 Å². The quantitative estimate of drug-likeness (QED) is 0.174. The zero-order valence-electron chi connectivity index (χ0n) is 32.6. The normalized spacial score (nSPS) is 11.9. The molecule has 0 saturated carbocycles. The largest absolute Gasteiger partial charge is 0.456 e. The second kappa shape index (κ2) is 13.1. The summed E-state index contributed by atoms with van der Waals surface area (Å²) in [6.07, 6.45) is 0. The van der Waals surface area contributed by atoms with Crippen molar-refractivity contribution in [3.63, 3.8) is 0 Å². The fourth-order valence-corrected chi connectivity index (χ4v) is 9.14. The third kappa shape index (κ3) is 5.26. The monoisotopic (exact) mass is 780 g/mol. The van der Waals surface area contributed by atoms with Crippen LogP contribution in [-0.2, 0) is 0 Å². The number of nitrogens with zero attached hydrogens (tertiary/aromatic N) is 4. The molecule has 6 heteroatoms. The van der Waals surface area contributed by atoms with Gasteiger partial charge in [-0.1, -0.05) is 133 Å². The Morgan fingerprint density at radius 3 is 1.70 bits per heavy atom. The van der Waals surface area contributed by atoms with E-state index in [2.05, 4.69) is 150 Å². The van der Waals surface area contributed by atoms with E-state index >= 15 is 0 Å². The molecule has 4 aromatic heterocycles. The first kappa shape index (κ1) is 33.6. The molecule has 0 aliphatic rings. The molecule has 13 rings (SSSR count). The highest BCUT2D eigenvalue weighted by atomic mass is 16.3. The van der Waals surface area contributed by atoms with E-state index in [-0.39, 0.29) is 0 Å². The van der Waals surface area contributed by atoms with Gasteiger partial charge in [0.05, 0.1) is 11.0 Å². The maximum Gasteiger partial charge on any atom is 0.166 e. The molecule has 61 heavy (non-hydrogen) atoms. The molecule has 0 unspecified atom stereocenters. The molecule has 6 nitrogen and oxygen atoms in total. The summed E-state index contributed by atoms with van der Waals surface area (Å²) in [6.45, 7) is 0. The lowest BCUT2D eigenvalue weighted by atomic mass is 10.0. The highest BCUT2D eigenvalue weighted by molar-refractivity contribution is 6.17. The standard InChI is InChI=1S/C55H32N4O2/c1-2-12-33(13-3-1)34-22-24-35(25-23-34)53-56-54(38-26-29-50-45(31-38)41-18-8-10-20-48(41)60-50)58-55(57-53)43-28-27-42-40-17-7-11-21-49(40)61-52(42)51(43)59-46-19-9-6-16-39(46)44-30-36-14-4-5-15-37(36)32-47(44)59/h1-32H. The molecular weight excluding hydrogens is 749 g/mol. The van der Waals surface area contributed by atoms with Crippen LogP contribution in [0.15, 0.2) is 203 Å². The summed E-state index contributed by atoms with van der Waals surface area (Å²) in [4.78, 5) is 15.9. The molecule has 0 aliphatic heterocycles. The number of rotatable bonds is 5. The predicted molar refractivity (Wildman–Crippen MR) is 248 cm³/mol. The highest BCUT2D eigenvalue weighted by Crippen LogP contribution is 2.44. The molecule has 0 saturated heterocycles. The first-order valence-corrected chi connectivity index (χ1v) is 20.4. The molecule has 284 valence electrons. The van der Waals surface area contributed by atoms with Crippen molar-refractivity contribution >= 4 is 76.5 Å². The lowest BCUT2D eigenvalue weighted by Gasteiger charge is -2.15. The number of para-hydroxylation sites is 3. The van der Waals surface area contributed by atoms with E-state index in [1.54, 1.807) is 0 Å². The first-order valence-electron chi connectivity index (χ1n) is 20.4. The van der Waals surface area contributed by atoms with E-state index in [9.17, 15) is 0 Å². The van der Waals surface area contributed by atoms with Crippen molar-refractivity contribution in [2.45, 2.75) is 0 Å². The van der Waals surface area contributed by atoms with Gasteiger partial charge in [-0.05, 0) is 82.6 Å². The van der Waals surface area contributed by atoms with Crippen LogP contribution < -0.4 is 0 Å². The topological polar surface area (TPSA) is 69.9 Å². The molecular formula is C55H32N4O2. The van der Waals surface area contributed by atoms with Crippen LogP contribution in [0.3, 0.4) is 0 Å². The van der Waals surface area contributed by atoms with Crippen LogP contribution in [0, 0.1) is 0 Å². The van der Waals surface area contributed by atoms with Crippen LogP contribution in [0.2, 0.25) is 0 Å². The SMILES string of the molecule is c1ccc(-c2ccc(-c3nc(-c4ccc5oc6ccccc6c5c4)nc(-c4ccc5c(oc6ccccc65)c4-n4c5ccccc5c5cc6ccccc6cc54)n3)cc2)cc1. The lowest BCUT2D eigenvalue weighted by Crippen LogP contribution is -2.04. The molecule has 0 amide bonds. The zero-order valence-corrected chi connectivity index (χ0v) is 32.6. The third-order valence-electron chi connectivity index (χ3n) is 12.0. The van der Waals surface area contributed by atoms with Crippen LogP contribution in [0.1, 0.15) is 0 Å². The van der Waals surface area contributed by atoms with Crippen molar-refractivity contribution in [1.82, 2.24) is 19.5 Å². The Bertz CT molecular complexity index is 3880. The van der Waals surface area contributed by atoms with E-state index < -0.39 is 0 Å². The number of aromatic nitrogens is 4. The predicted octanol–water partition coefficient (Wildman–Crippen LogP) is 14.6. The second-order valence-electron chi connectivity index (χ2n) is 15.6. The number of hydrogen-bond acceptors (Lipinski definition) is 5. The highest BCUT2D eigenvalue weighted by Gasteiger charge is 2.25. The van der Waals surface area contributed by atoms with Gasteiger partial charge >= 0.3 is 0 Å². The molecule has 4 heterocycles. The minimum absolute atomic E-state index is 0.536. The van der Waals surface area contributed by atoms with Crippen LogP contribution >= 0.6 is 0 Å². The van der Waals surface area contributed by atoms with E-state index in [4.69, 9.17) is 23.8 Å². The van der Waals surface area contributed by atoms with Crippen LogP contribution in [-0.4, -0.2) is 19.5 Å². The Morgan fingerprint density at radius 1 is 0.328 bits per heavy atom. The van der Waals surface area contributed by atoms with Gasteiger partial charge in [0, 0.05) is 49.0 Å². The van der Waals surface area contributed by atoms with E-state index in [1.807, 2.05) is 48.5 Å². The third-order valence-corrected chi connectivity index (χ3v) is 12.0. The fraction of sp³-hybridized carbons (Fsp3) is 0. The molecule has 0 aliphatic carbocycles. The molecule has 0 fully saturated rings. The molecule has 0 atom stereocenters. The minimum Gasteiger partial charge on any atom is -0.456 e. The maximum atomic E-state index is 6.92. The van der Waals surface area contributed by atoms with E-state index in [0.717, 1.165) is 105 Å². The van der Waals surface area contributed by atoms with Gasteiger partial charge in [-0.2, -0.15) is 0 Å².